The number of fused-ring (bicyclic) bond motifs is 2. The van der Waals surface area contributed by atoms with Crippen LogP contribution in [-0.2, 0) is 11.3 Å². The minimum Gasteiger partial charge on any atom is -0.481 e. The predicted octanol–water partition coefficient (Wildman–Crippen LogP) is 1.43. The van der Waals surface area contributed by atoms with Crippen LogP contribution in [0.2, 0.25) is 0 Å². The Bertz CT molecular complexity index is 1200. The van der Waals surface area contributed by atoms with Crippen molar-refractivity contribution in [3.05, 3.63) is 44.1 Å². The number of nitrogens with zero attached hydrogens (tertiary/aromatic N) is 3. The fraction of sp³-hybridized carbons (Fsp3) is 0.476. The number of carboxylic acids is 1. The highest BCUT2D eigenvalue weighted by Crippen LogP contribution is 2.28. The Morgan fingerprint density at radius 2 is 2.00 bits per heavy atom. The van der Waals surface area contributed by atoms with Gasteiger partial charge in [0.1, 0.15) is 0 Å². The Labute approximate surface area is 172 Å². The van der Waals surface area contributed by atoms with E-state index in [1.54, 1.807) is 0 Å². The third-order valence-electron chi connectivity index (χ3n) is 6.00. The van der Waals surface area contributed by atoms with E-state index in [0.29, 0.717) is 18.6 Å². The summed E-state index contributed by atoms with van der Waals surface area (Å²) in [6.07, 6.45) is 2.91. The summed E-state index contributed by atoms with van der Waals surface area (Å²) in [5, 5.41) is 12.5. The van der Waals surface area contributed by atoms with Gasteiger partial charge in [-0.15, -0.1) is 0 Å². The number of H-pyrrole nitrogens is 1. The average Bonchev–Trinajstić information content (AvgIpc) is 3.10. The highest BCUT2D eigenvalue weighted by molar-refractivity contribution is 5.81. The van der Waals surface area contributed by atoms with Crippen molar-refractivity contribution in [2.45, 2.75) is 52.1 Å². The summed E-state index contributed by atoms with van der Waals surface area (Å²) < 4.78 is 1.87. The molecule has 2 atom stereocenters. The number of aromatic amines is 1. The molecule has 4 rings (SSSR count). The zero-order valence-corrected chi connectivity index (χ0v) is 17.1. The number of rotatable bonds is 6. The number of nitrogens with one attached hydrogen (secondary N) is 2. The van der Waals surface area contributed by atoms with Crippen molar-refractivity contribution in [2.24, 2.45) is 5.92 Å². The van der Waals surface area contributed by atoms with E-state index >= 15 is 0 Å². The lowest BCUT2D eigenvalue weighted by atomic mass is 10.0. The molecule has 1 aromatic carbocycles. The van der Waals surface area contributed by atoms with E-state index in [1.807, 2.05) is 30.5 Å². The standard InChI is InChI=1S/C21H25N5O4/c1-11-7-15-16(8-12(11)2)26(19-18(23-15)20(29)25-21(30)24-19)6-5-22-14-4-3-13(9-14)10-17(27)28/h7-8,13-14,22H,3-6,9-10H2,1-2H3,(H,27,28)(H,25,29,30)/t13-,14+/m1/s1. The lowest BCUT2D eigenvalue weighted by Gasteiger charge is -2.19. The number of benzene rings is 1. The molecule has 0 saturated heterocycles. The van der Waals surface area contributed by atoms with Gasteiger partial charge in [0.15, 0.2) is 11.5 Å². The second-order valence-corrected chi connectivity index (χ2v) is 8.16. The first-order valence-electron chi connectivity index (χ1n) is 10.2. The maximum atomic E-state index is 12.3. The molecule has 0 amide bonds. The van der Waals surface area contributed by atoms with Crippen molar-refractivity contribution in [1.82, 2.24) is 24.8 Å². The molecule has 30 heavy (non-hydrogen) atoms. The Morgan fingerprint density at radius 1 is 1.23 bits per heavy atom. The molecule has 0 bridgehead atoms. The molecule has 9 heteroatoms. The van der Waals surface area contributed by atoms with Crippen LogP contribution in [0.4, 0.5) is 0 Å². The van der Waals surface area contributed by atoms with Gasteiger partial charge in [-0.25, -0.2) is 9.78 Å². The van der Waals surface area contributed by atoms with Gasteiger partial charge in [-0.1, -0.05) is 0 Å². The summed E-state index contributed by atoms with van der Waals surface area (Å²) >= 11 is 0. The Balaban J connectivity index is 1.63. The minimum atomic E-state index is -0.749. The van der Waals surface area contributed by atoms with Crippen molar-refractivity contribution in [1.29, 1.82) is 0 Å². The van der Waals surface area contributed by atoms with Crippen LogP contribution >= 0.6 is 0 Å². The number of aliphatic carboxylic acids is 1. The second kappa shape index (κ2) is 7.98. The molecule has 1 saturated carbocycles. The molecular formula is C21H25N5O4. The number of aromatic nitrogens is 4. The molecule has 0 aromatic heterocycles. The first kappa shape index (κ1) is 20.2. The van der Waals surface area contributed by atoms with Crippen molar-refractivity contribution >= 4 is 17.0 Å². The van der Waals surface area contributed by atoms with E-state index in [-0.39, 0.29) is 29.9 Å². The third-order valence-corrected chi connectivity index (χ3v) is 6.00. The molecule has 9 nitrogen and oxygen atoms in total. The summed E-state index contributed by atoms with van der Waals surface area (Å²) in [5.41, 5.74) is 2.57. The van der Waals surface area contributed by atoms with Crippen LogP contribution in [0.25, 0.3) is 22.6 Å². The number of aryl methyl sites for hydroxylation is 2. The lowest BCUT2D eigenvalue weighted by molar-refractivity contribution is -0.138. The van der Waals surface area contributed by atoms with Crippen LogP contribution in [0, 0.1) is 19.8 Å². The SMILES string of the molecule is Cc1cc2nc3c(=O)[nH]c(=O)nc-3n(CCN[C@H]3CC[C@@H](CC(=O)O)C3)c2cc1C. The van der Waals surface area contributed by atoms with Gasteiger partial charge >= 0.3 is 11.7 Å². The van der Waals surface area contributed by atoms with E-state index in [4.69, 9.17) is 5.11 Å². The van der Waals surface area contributed by atoms with Crippen molar-refractivity contribution in [3.8, 4) is 11.5 Å². The largest absolute Gasteiger partial charge is 0.481 e. The molecule has 3 N–H and O–H groups in total. The van der Waals surface area contributed by atoms with Crippen LogP contribution < -0.4 is 16.6 Å². The predicted molar refractivity (Wildman–Crippen MR) is 112 cm³/mol. The zero-order chi connectivity index (χ0) is 21.4. The van der Waals surface area contributed by atoms with Gasteiger partial charge in [-0.3, -0.25) is 14.6 Å². The van der Waals surface area contributed by atoms with Crippen LogP contribution in [-0.4, -0.2) is 43.2 Å². The fourth-order valence-corrected chi connectivity index (χ4v) is 4.35. The van der Waals surface area contributed by atoms with E-state index in [0.717, 1.165) is 35.9 Å². The minimum absolute atomic E-state index is 0.146. The summed E-state index contributed by atoms with van der Waals surface area (Å²) in [6, 6.07) is 4.21. The summed E-state index contributed by atoms with van der Waals surface area (Å²) in [5.74, 6) is -0.262. The Kier molecular flexibility index (Phi) is 5.38. The van der Waals surface area contributed by atoms with Crippen molar-refractivity contribution < 1.29 is 9.90 Å². The first-order valence-corrected chi connectivity index (χ1v) is 10.2. The maximum Gasteiger partial charge on any atom is 0.349 e. The summed E-state index contributed by atoms with van der Waals surface area (Å²) in [4.78, 5) is 45.8. The molecule has 2 aliphatic heterocycles. The highest BCUT2D eigenvalue weighted by Gasteiger charge is 2.26. The quantitative estimate of drug-likeness (QED) is 0.523. The van der Waals surface area contributed by atoms with Gasteiger partial charge in [0.05, 0.1) is 11.0 Å². The molecule has 158 valence electrons. The lowest BCUT2D eigenvalue weighted by Crippen LogP contribution is -2.33. The molecule has 2 heterocycles. The fourth-order valence-electron chi connectivity index (χ4n) is 4.35. The van der Waals surface area contributed by atoms with E-state index in [1.165, 1.54) is 0 Å². The molecule has 1 fully saturated rings. The number of hydrogen-bond acceptors (Lipinski definition) is 6. The van der Waals surface area contributed by atoms with E-state index in [2.05, 4.69) is 20.3 Å². The number of hydrogen-bond donors (Lipinski definition) is 3. The Morgan fingerprint density at radius 3 is 2.77 bits per heavy atom. The molecule has 0 spiro atoms. The van der Waals surface area contributed by atoms with Crippen LogP contribution in [0.15, 0.2) is 21.7 Å². The van der Waals surface area contributed by atoms with E-state index < -0.39 is 17.2 Å². The molecule has 1 aliphatic carbocycles. The third kappa shape index (κ3) is 3.97. The monoisotopic (exact) mass is 411 g/mol. The van der Waals surface area contributed by atoms with Crippen LogP contribution in [0.5, 0.6) is 0 Å². The van der Waals surface area contributed by atoms with Gasteiger partial charge in [0.2, 0.25) is 0 Å². The smallest absolute Gasteiger partial charge is 0.349 e. The van der Waals surface area contributed by atoms with Gasteiger partial charge in [-0.05, 0) is 62.3 Å². The van der Waals surface area contributed by atoms with Crippen molar-refractivity contribution in [3.63, 3.8) is 0 Å². The molecular weight excluding hydrogens is 386 g/mol. The number of carboxylic acid groups (broad SMARTS) is 1. The summed E-state index contributed by atoms with van der Waals surface area (Å²) in [7, 11) is 0. The van der Waals surface area contributed by atoms with Gasteiger partial charge in [0.25, 0.3) is 5.56 Å². The van der Waals surface area contributed by atoms with Crippen LogP contribution in [0.1, 0.15) is 36.8 Å². The highest BCUT2D eigenvalue weighted by atomic mass is 16.4. The topological polar surface area (TPSA) is 130 Å². The normalized spacial score (nSPS) is 19.0. The molecule has 1 aromatic rings. The molecule has 0 unspecified atom stereocenters. The second-order valence-electron chi connectivity index (χ2n) is 8.16. The number of carbonyl (C=O) groups is 1. The zero-order valence-electron chi connectivity index (χ0n) is 17.1. The van der Waals surface area contributed by atoms with Gasteiger partial charge in [0, 0.05) is 25.6 Å². The molecule has 3 aliphatic rings. The van der Waals surface area contributed by atoms with Gasteiger partial charge < -0.3 is 15.0 Å². The van der Waals surface area contributed by atoms with Gasteiger partial charge in [-0.2, -0.15) is 4.98 Å². The Hall–Kier alpha value is -3.07. The van der Waals surface area contributed by atoms with E-state index in [9.17, 15) is 14.4 Å². The maximum absolute atomic E-state index is 12.3. The average molecular weight is 411 g/mol. The first-order chi connectivity index (χ1) is 14.3. The van der Waals surface area contributed by atoms with Crippen LogP contribution in [0.3, 0.4) is 0 Å². The van der Waals surface area contributed by atoms with Crippen molar-refractivity contribution in [2.75, 3.05) is 6.54 Å². The summed E-state index contributed by atoms with van der Waals surface area (Å²) in [6.45, 7) is 5.11. The molecule has 0 radical (unpaired) electrons.